The summed E-state index contributed by atoms with van der Waals surface area (Å²) in [5, 5.41) is 4.29. The number of aromatic nitrogens is 1. The van der Waals surface area contributed by atoms with Crippen molar-refractivity contribution in [1.29, 1.82) is 0 Å². The molecule has 0 radical (unpaired) electrons. The van der Waals surface area contributed by atoms with Gasteiger partial charge in [0.2, 0.25) is 0 Å². The zero-order valence-corrected chi connectivity index (χ0v) is 26.5. The fourth-order valence-electron chi connectivity index (χ4n) is 6.32. The maximum atomic E-state index is 14.1. The molecular weight excluding hydrogens is 601 g/mol. The largest absolute Gasteiger partial charge is 0.492 e. The Morgan fingerprint density at radius 1 is 1.07 bits per heavy atom. The smallest absolute Gasteiger partial charge is 0.274 e. The van der Waals surface area contributed by atoms with Crippen LogP contribution in [0.1, 0.15) is 45.9 Å². The number of rotatable bonds is 9. The molecule has 0 bridgehead atoms. The number of halogens is 2. The molecule has 3 aromatic carbocycles. The van der Waals surface area contributed by atoms with Crippen molar-refractivity contribution in [3.05, 3.63) is 88.4 Å². The Bertz CT molecular complexity index is 1750. The van der Waals surface area contributed by atoms with Gasteiger partial charge in [-0.05, 0) is 79.2 Å². The van der Waals surface area contributed by atoms with Crippen LogP contribution in [0.25, 0.3) is 21.0 Å². The van der Waals surface area contributed by atoms with E-state index in [-0.39, 0.29) is 24.2 Å². The van der Waals surface area contributed by atoms with Gasteiger partial charge in [0.1, 0.15) is 30.4 Å². The minimum atomic E-state index is -0.0715. The number of fused-ring (bicyclic) bond motifs is 4. The number of likely N-dealkylation sites (tertiary alicyclic amines) is 1. The van der Waals surface area contributed by atoms with Gasteiger partial charge in [-0.25, -0.2) is 0 Å². The molecule has 224 valence electrons. The number of carbonyl (C=O) groups is 1. The molecule has 1 fully saturated rings. The lowest BCUT2D eigenvalue weighted by atomic mass is 9.97. The van der Waals surface area contributed by atoms with E-state index in [1.54, 1.807) is 11.3 Å². The third-order valence-electron chi connectivity index (χ3n) is 8.48. The zero-order valence-electron chi connectivity index (χ0n) is 24.1. The number of thiophene rings is 1. The van der Waals surface area contributed by atoms with Crippen LogP contribution in [0.4, 0.5) is 5.69 Å². The molecule has 0 spiro atoms. The molecule has 9 heteroatoms. The Balaban J connectivity index is 0.00000329. The van der Waals surface area contributed by atoms with Gasteiger partial charge in [-0.1, -0.05) is 30.3 Å². The van der Waals surface area contributed by atoms with Crippen LogP contribution in [0.3, 0.4) is 0 Å². The van der Waals surface area contributed by atoms with E-state index in [0.717, 1.165) is 68.9 Å². The summed E-state index contributed by atoms with van der Waals surface area (Å²) in [6.07, 6.45) is 2.55. The Hall–Kier alpha value is -3.23. The van der Waals surface area contributed by atoms with Crippen LogP contribution in [-0.4, -0.2) is 54.5 Å². The molecule has 0 aliphatic carbocycles. The van der Waals surface area contributed by atoms with E-state index < -0.39 is 0 Å². The van der Waals surface area contributed by atoms with Gasteiger partial charge in [0.25, 0.3) is 5.91 Å². The van der Waals surface area contributed by atoms with Gasteiger partial charge in [-0.15, -0.1) is 35.3 Å². The number of ether oxygens (including phenoxy) is 2. The Kier molecular flexibility index (Phi) is 8.87. The molecule has 4 heterocycles. The predicted octanol–water partition coefficient (Wildman–Crippen LogP) is 8.15. The summed E-state index contributed by atoms with van der Waals surface area (Å²) in [6, 6.07) is 20.1. The second-order valence-electron chi connectivity index (χ2n) is 11.3. The quantitative estimate of drug-likeness (QED) is 0.166. The topological polar surface area (TPSA) is 57.8 Å². The molecule has 7 rings (SSSR count). The van der Waals surface area contributed by atoms with Crippen LogP contribution in [0.5, 0.6) is 11.5 Å². The van der Waals surface area contributed by atoms with E-state index in [1.165, 1.54) is 18.4 Å². The van der Waals surface area contributed by atoms with E-state index in [1.807, 2.05) is 53.4 Å². The lowest BCUT2D eigenvalue weighted by Gasteiger charge is -2.18. The maximum Gasteiger partial charge on any atom is 0.274 e. The Morgan fingerprint density at radius 2 is 1.88 bits per heavy atom. The number of amides is 1. The standard InChI is InChI=1S/C34H34ClN3O3S.ClH/c1-22-21-42-33-30(41-20-23-7-3-2-4-8-23)17-29-32(31(22)33)25(18-35)19-38(29)34(39)28-16-24-15-26(9-10-27(24)36-28)40-14-13-37-11-5-6-12-37;/h2-4,7-10,15-17,21,25,36H,5-6,11-14,18-20H2,1H3;1H/t25-;/m1./s1. The highest BCUT2D eigenvalue weighted by atomic mass is 35.5. The molecular formula is C34H35Cl2N3O3S. The average Bonchev–Trinajstić information content (AvgIpc) is 3.82. The number of hydrogen-bond donors (Lipinski definition) is 1. The SMILES string of the molecule is Cc1csc2c(OCc3ccccc3)cc3c(c12)[C@H](CCl)CN3C(=O)c1cc2cc(OCCN3CCCC3)ccc2[nH]1.Cl. The van der Waals surface area contributed by atoms with E-state index in [2.05, 4.69) is 34.3 Å². The third-order valence-corrected chi connectivity index (χ3v) is 9.96. The van der Waals surface area contributed by atoms with Crippen LogP contribution >= 0.6 is 35.3 Å². The van der Waals surface area contributed by atoms with Crippen molar-refractivity contribution in [1.82, 2.24) is 9.88 Å². The first-order valence-corrected chi connectivity index (χ1v) is 16.1. The lowest BCUT2D eigenvalue weighted by Crippen LogP contribution is -2.30. The fourth-order valence-corrected chi connectivity index (χ4v) is 7.61. The van der Waals surface area contributed by atoms with Crippen molar-refractivity contribution in [2.45, 2.75) is 32.3 Å². The molecule has 2 aliphatic rings. The summed E-state index contributed by atoms with van der Waals surface area (Å²) >= 11 is 8.21. The summed E-state index contributed by atoms with van der Waals surface area (Å²) in [5.74, 6) is 2.04. The molecule has 43 heavy (non-hydrogen) atoms. The Morgan fingerprint density at radius 3 is 2.67 bits per heavy atom. The van der Waals surface area contributed by atoms with Crippen LogP contribution in [-0.2, 0) is 6.61 Å². The van der Waals surface area contributed by atoms with E-state index in [0.29, 0.717) is 31.3 Å². The molecule has 2 aliphatic heterocycles. The average molecular weight is 637 g/mol. The van der Waals surface area contributed by atoms with Crippen molar-refractivity contribution in [2.24, 2.45) is 0 Å². The minimum absolute atomic E-state index is 0. The van der Waals surface area contributed by atoms with Gasteiger partial charge in [0, 0.05) is 47.2 Å². The van der Waals surface area contributed by atoms with Crippen molar-refractivity contribution in [2.75, 3.05) is 43.6 Å². The van der Waals surface area contributed by atoms with Crippen LogP contribution < -0.4 is 14.4 Å². The molecule has 0 unspecified atom stereocenters. The molecule has 1 saturated heterocycles. The highest BCUT2D eigenvalue weighted by Gasteiger charge is 2.36. The number of aryl methyl sites for hydroxylation is 1. The summed E-state index contributed by atoms with van der Waals surface area (Å²) in [4.78, 5) is 21.7. The normalized spacial score (nSPS) is 16.5. The number of H-pyrrole nitrogens is 1. The van der Waals surface area contributed by atoms with Crippen LogP contribution in [0.15, 0.2) is 66.0 Å². The number of nitrogens with one attached hydrogen (secondary N) is 1. The van der Waals surface area contributed by atoms with Crippen molar-refractivity contribution < 1.29 is 14.3 Å². The highest BCUT2D eigenvalue weighted by Crippen LogP contribution is 2.49. The Labute approximate surface area is 266 Å². The minimum Gasteiger partial charge on any atom is -0.492 e. The first-order valence-electron chi connectivity index (χ1n) is 14.7. The molecule has 2 aromatic heterocycles. The number of anilines is 1. The monoisotopic (exact) mass is 635 g/mol. The molecule has 1 N–H and O–H groups in total. The number of benzene rings is 3. The third kappa shape index (κ3) is 5.84. The van der Waals surface area contributed by atoms with E-state index >= 15 is 0 Å². The molecule has 1 atom stereocenters. The summed E-state index contributed by atoms with van der Waals surface area (Å²) in [5.41, 5.74) is 5.77. The van der Waals surface area contributed by atoms with Gasteiger partial charge in [0.15, 0.2) is 0 Å². The van der Waals surface area contributed by atoms with Crippen molar-refractivity contribution in [3.63, 3.8) is 0 Å². The summed E-state index contributed by atoms with van der Waals surface area (Å²) in [7, 11) is 0. The van der Waals surface area contributed by atoms with Gasteiger partial charge >= 0.3 is 0 Å². The molecule has 5 aromatic rings. The first kappa shape index (κ1) is 29.8. The van der Waals surface area contributed by atoms with Crippen LogP contribution in [0.2, 0.25) is 0 Å². The number of nitrogens with zero attached hydrogens (tertiary/aromatic N) is 2. The number of aromatic amines is 1. The lowest BCUT2D eigenvalue weighted by molar-refractivity contribution is 0.0984. The first-order chi connectivity index (χ1) is 20.6. The van der Waals surface area contributed by atoms with Gasteiger partial charge in [-0.3, -0.25) is 9.69 Å². The summed E-state index contributed by atoms with van der Waals surface area (Å²) < 4.78 is 13.5. The number of carbonyl (C=O) groups excluding carboxylic acids is 1. The van der Waals surface area contributed by atoms with Crippen molar-refractivity contribution in [3.8, 4) is 11.5 Å². The van der Waals surface area contributed by atoms with Gasteiger partial charge < -0.3 is 19.4 Å². The number of alkyl halides is 1. The van der Waals surface area contributed by atoms with E-state index in [9.17, 15) is 4.79 Å². The van der Waals surface area contributed by atoms with Crippen LogP contribution in [0, 0.1) is 6.92 Å². The highest BCUT2D eigenvalue weighted by molar-refractivity contribution is 7.17. The van der Waals surface area contributed by atoms with E-state index in [4.69, 9.17) is 21.1 Å². The van der Waals surface area contributed by atoms with Crippen molar-refractivity contribution >= 4 is 67.9 Å². The zero-order chi connectivity index (χ0) is 28.6. The fraction of sp³-hybridized carbons (Fsp3) is 0.324. The predicted molar refractivity (Wildman–Crippen MR) is 179 cm³/mol. The molecule has 0 saturated carbocycles. The van der Waals surface area contributed by atoms with Gasteiger partial charge in [-0.2, -0.15) is 0 Å². The molecule has 1 amide bonds. The second kappa shape index (κ2) is 12.8. The maximum absolute atomic E-state index is 14.1. The molecule has 6 nitrogen and oxygen atoms in total. The number of hydrogen-bond acceptors (Lipinski definition) is 5. The summed E-state index contributed by atoms with van der Waals surface area (Å²) in [6.45, 7) is 7.05. The second-order valence-corrected chi connectivity index (χ2v) is 12.5. The van der Waals surface area contributed by atoms with Gasteiger partial charge in [0.05, 0.1) is 10.4 Å².